The zero-order valence-corrected chi connectivity index (χ0v) is 10.0. The quantitative estimate of drug-likeness (QED) is 0.893. The summed E-state index contributed by atoms with van der Waals surface area (Å²) in [5.41, 5.74) is 6.33. The van der Waals surface area contributed by atoms with Gasteiger partial charge in [0.25, 0.3) is 0 Å². The lowest BCUT2D eigenvalue weighted by Gasteiger charge is -2.15. The van der Waals surface area contributed by atoms with Gasteiger partial charge >= 0.3 is 0 Å². The second-order valence-corrected chi connectivity index (χ2v) is 4.00. The van der Waals surface area contributed by atoms with Crippen LogP contribution in [0.2, 0.25) is 0 Å². The third-order valence-corrected chi connectivity index (χ3v) is 2.63. The van der Waals surface area contributed by atoms with Gasteiger partial charge in [-0.3, -0.25) is 0 Å². The summed E-state index contributed by atoms with van der Waals surface area (Å²) in [6.07, 6.45) is 0. The Balaban J connectivity index is 2.30. The second-order valence-electron chi connectivity index (χ2n) is 4.00. The predicted molar refractivity (Wildman–Crippen MR) is 66.9 cm³/mol. The molecule has 3 N–H and O–H groups in total. The molecule has 3 nitrogen and oxygen atoms in total. The lowest BCUT2D eigenvalue weighted by Crippen LogP contribution is -2.15. The molecule has 0 fully saturated rings. The van der Waals surface area contributed by atoms with Crippen molar-refractivity contribution in [3.05, 3.63) is 59.7 Å². The molecule has 2 aromatic rings. The summed E-state index contributed by atoms with van der Waals surface area (Å²) < 4.78 is 31.4. The summed E-state index contributed by atoms with van der Waals surface area (Å²) in [7, 11) is 0. The Labute approximate surface area is 109 Å². The number of rotatable bonds is 4. The molecule has 0 saturated carbocycles. The van der Waals surface area contributed by atoms with Gasteiger partial charge in [-0.25, -0.2) is 8.78 Å². The van der Waals surface area contributed by atoms with Crippen LogP contribution in [0, 0.1) is 11.6 Å². The van der Waals surface area contributed by atoms with Crippen molar-refractivity contribution < 1.29 is 18.6 Å². The number of benzene rings is 2. The van der Waals surface area contributed by atoms with Crippen molar-refractivity contribution in [2.24, 2.45) is 5.73 Å². The summed E-state index contributed by atoms with van der Waals surface area (Å²) in [6, 6.07) is 9.49. The number of para-hydroxylation sites is 1. The van der Waals surface area contributed by atoms with Gasteiger partial charge in [-0.05, 0) is 18.2 Å². The number of hydrogen-bond acceptors (Lipinski definition) is 3. The van der Waals surface area contributed by atoms with Crippen LogP contribution in [-0.2, 0) is 0 Å². The first-order valence-electron chi connectivity index (χ1n) is 5.70. The Hall–Kier alpha value is -1.98. The summed E-state index contributed by atoms with van der Waals surface area (Å²) in [5.74, 6) is -1.36. The van der Waals surface area contributed by atoms with Gasteiger partial charge in [0.05, 0.1) is 12.6 Å². The highest BCUT2D eigenvalue weighted by Gasteiger charge is 2.12. The van der Waals surface area contributed by atoms with Crippen LogP contribution in [0.3, 0.4) is 0 Å². The highest BCUT2D eigenvalue weighted by atomic mass is 19.2. The third kappa shape index (κ3) is 3.07. The molecule has 1 atom stereocenters. The van der Waals surface area contributed by atoms with Gasteiger partial charge in [-0.1, -0.05) is 18.2 Å². The van der Waals surface area contributed by atoms with Crippen molar-refractivity contribution in [1.29, 1.82) is 0 Å². The normalized spacial score (nSPS) is 12.2. The van der Waals surface area contributed by atoms with Crippen molar-refractivity contribution in [3.8, 4) is 11.5 Å². The molecule has 0 saturated heterocycles. The van der Waals surface area contributed by atoms with E-state index >= 15 is 0 Å². The molecule has 0 aliphatic heterocycles. The molecule has 100 valence electrons. The Morgan fingerprint density at radius 1 is 1.11 bits per heavy atom. The van der Waals surface area contributed by atoms with Crippen LogP contribution in [-0.4, -0.2) is 11.7 Å². The van der Waals surface area contributed by atoms with Crippen molar-refractivity contribution in [2.75, 3.05) is 6.61 Å². The maximum atomic E-state index is 13.1. The number of ether oxygens (including phenoxy) is 1. The van der Waals surface area contributed by atoms with E-state index in [0.29, 0.717) is 11.3 Å². The smallest absolute Gasteiger partial charge is 0.162 e. The van der Waals surface area contributed by atoms with Crippen LogP contribution < -0.4 is 10.5 Å². The molecule has 0 bridgehead atoms. The molecule has 0 radical (unpaired) electrons. The fourth-order valence-electron chi connectivity index (χ4n) is 1.65. The van der Waals surface area contributed by atoms with Gasteiger partial charge in [0.15, 0.2) is 11.6 Å². The molecule has 0 aliphatic carbocycles. The Bertz CT molecular complexity index is 575. The van der Waals surface area contributed by atoms with E-state index in [2.05, 4.69) is 0 Å². The van der Waals surface area contributed by atoms with E-state index in [0.717, 1.165) is 12.1 Å². The first-order chi connectivity index (χ1) is 9.11. The van der Waals surface area contributed by atoms with Gasteiger partial charge in [0.2, 0.25) is 0 Å². The topological polar surface area (TPSA) is 55.5 Å². The van der Waals surface area contributed by atoms with E-state index in [4.69, 9.17) is 15.6 Å². The first kappa shape index (κ1) is 13.5. The van der Waals surface area contributed by atoms with Crippen molar-refractivity contribution in [3.63, 3.8) is 0 Å². The van der Waals surface area contributed by atoms with Crippen LogP contribution in [0.5, 0.6) is 11.5 Å². The fourth-order valence-corrected chi connectivity index (χ4v) is 1.65. The van der Waals surface area contributed by atoms with Crippen LogP contribution in [0.1, 0.15) is 11.6 Å². The minimum Gasteiger partial charge on any atom is -0.457 e. The Morgan fingerprint density at radius 3 is 2.53 bits per heavy atom. The molecule has 0 aromatic heterocycles. The van der Waals surface area contributed by atoms with E-state index in [9.17, 15) is 8.78 Å². The minimum atomic E-state index is -0.985. The van der Waals surface area contributed by atoms with Crippen LogP contribution in [0.15, 0.2) is 42.5 Å². The molecule has 0 unspecified atom stereocenters. The summed E-state index contributed by atoms with van der Waals surface area (Å²) in [6.45, 7) is -0.238. The molecule has 19 heavy (non-hydrogen) atoms. The van der Waals surface area contributed by atoms with Crippen molar-refractivity contribution >= 4 is 0 Å². The molecule has 5 heteroatoms. The number of halogens is 2. The monoisotopic (exact) mass is 265 g/mol. The first-order valence-corrected chi connectivity index (χ1v) is 5.70. The van der Waals surface area contributed by atoms with Crippen LogP contribution in [0.25, 0.3) is 0 Å². The van der Waals surface area contributed by atoms with E-state index in [1.165, 1.54) is 6.07 Å². The van der Waals surface area contributed by atoms with Gasteiger partial charge in [0, 0.05) is 11.6 Å². The predicted octanol–water partition coefficient (Wildman–Crippen LogP) is 2.75. The molecule has 0 spiro atoms. The second kappa shape index (κ2) is 5.77. The summed E-state index contributed by atoms with van der Waals surface area (Å²) >= 11 is 0. The number of aliphatic hydroxyl groups excluding tert-OH is 1. The standard InChI is InChI=1S/C14H13F2NO2/c15-11-6-5-9(7-12(11)16)19-14-4-2-1-3-10(14)13(17)8-18/h1-7,13,18H,8,17H2/t13-/m1/s1. The maximum absolute atomic E-state index is 13.1. The number of nitrogens with two attached hydrogens (primary N) is 1. The van der Waals surface area contributed by atoms with Crippen molar-refractivity contribution in [2.45, 2.75) is 6.04 Å². The summed E-state index contributed by atoms with van der Waals surface area (Å²) in [4.78, 5) is 0. The lowest BCUT2D eigenvalue weighted by atomic mass is 10.1. The van der Waals surface area contributed by atoms with Gasteiger partial charge < -0.3 is 15.6 Å². The van der Waals surface area contributed by atoms with Gasteiger partial charge in [-0.15, -0.1) is 0 Å². The Morgan fingerprint density at radius 2 is 1.84 bits per heavy atom. The largest absolute Gasteiger partial charge is 0.457 e. The van der Waals surface area contributed by atoms with Gasteiger partial charge in [0.1, 0.15) is 11.5 Å². The van der Waals surface area contributed by atoms with Crippen LogP contribution >= 0.6 is 0 Å². The average molecular weight is 265 g/mol. The molecule has 0 amide bonds. The van der Waals surface area contributed by atoms with E-state index in [1.807, 2.05) is 0 Å². The lowest BCUT2D eigenvalue weighted by molar-refractivity contribution is 0.265. The molecule has 0 aliphatic rings. The zero-order chi connectivity index (χ0) is 13.8. The molecule has 2 rings (SSSR count). The fraction of sp³-hybridized carbons (Fsp3) is 0.143. The molecule has 2 aromatic carbocycles. The van der Waals surface area contributed by atoms with E-state index in [-0.39, 0.29) is 12.4 Å². The number of aliphatic hydroxyl groups is 1. The highest BCUT2D eigenvalue weighted by molar-refractivity contribution is 5.39. The van der Waals surface area contributed by atoms with Gasteiger partial charge in [-0.2, -0.15) is 0 Å². The van der Waals surface area contributed by atoms with E-state index < -0.39 is 17.7 Å². The highest BCUT2D eigenvalue weighted by Crippen LogP contribution is 2.29. The third-order valence-electron chi connectivity index (χ3n) is 2.63. The molecule has 0 heterocycles. The SMILES string of the molecule is N[C@H](CO)c1ccccc1Oc1ccc(F)c(F)c1. The van der Waals surface area contributed by atoms with E-state index in [1.54, 1.807) is 24.3 Å². The summed E-state index contributed by atoms with van der Waals surface area (Å²) in [5, 5.41) is 9.07. The molecular formula is C14H13F2NO2. The Kier molecular flexibility index (Phi) is 4.09. The number of hydrogen-bond donors (Lipinski definition) is 2. The van der Waals surface area contributed by atoms with Crippen molar-refractivity contribution in [1.82, 2.24) is 0 Å². The maximum Gasteiger partial charge on any atom is 0.162 e. The van der Waals surface area contributed by atoms with Crippen LogP contribution in [0.4, 0.5) is 8.78 Å². The minimum absolute atomic E-state index is 0.163. The molecular weight excluding hydrogens is 252 g/mol. The zero-order valence-electron chi connectivity index (χ0n) is 10.0. The average Bonchev–Trinajstić information content (AvgIpc) is 2.43.